The Bertz CT molecular complexity index is 468. The molecule has 0 spiro atoms. The summed E-state index contributed by atoms with van der Waals surface area (Å²) in [5, 5.41) is 3.29. The van der Waals surface area contributed by atoms with Gasteiger partial charge in [0, 0.05) is 0 Å². The van der Waals surface area contributed by atoms with Crippen LogP contribution in [0.15, 0.2) is 24.3 Å². The summed E-state index contributed by atoms with van der Waals surface area (Å²) in [4.78, 5) is 12.8. The topological polar surface area (TPSA) is 66.8 Å². The van der Waals surface area contributed by atoms with Gasteiger partial charge in [-0.2, -0.15) is 0 Å². The lowest BCUT2D eigenvalue weighted by Crippen LogP contribution is -3.06. The number of likely N-dealkylation sites (N-methyl/N-ethyl adjacent to an activating group) is 1. The van der Waals surface area contributed by atoms with E-state index in [4.69, 9.17) is 17.0 Å². The SMILES string of the molecule is C[NH+](C)CCNC(=S)NNC(=O)COc1ccc(F)cc1. The third-order valence-corrected chi connectivity index (χ3v) is 2.66. The summed E-state index contributed by atoms with van der Waals surface area (Å²) >= 11 is 4.99. The number of amides is 1. The molecule has 0 fully saturated rings. The number of carbonyl (C=O) groups is 1. The van der Waals surface area contributed by atoms with Crippen molar-refractivity contribution >= 4 is 23.2 Å². The van der Waals surface area contributed by atoms with Crippen LogP contribution in [0.4, 0.5) is 4.39 Å². The van der Waals surface area contributed by atoms with E-state index in [2.05, 4.69) is 16.2 Å². The molecule has 0 heterocycles. The molecule has 0 bridgehead atoms. The Labute approximate surface area is 128 Å². The van der Waals surface area contributed by atoms with Crippen LogP contribution in [0.1, 0.15) is 0 Å². The average molecular weight is 315 g/mol. The lowest BCUT2D eigenvalue weighted by molar-refractivity contribution is -0.856. The van der Waals surface area contributed by atoms with Crippen molar-refractivity contribution in [3.63, 3.8) is 0 Å². The highest BCUT2D eigenvalue weighted by Gasteiger charge is 2.04. The van der Waals surface area contributed by atoms with Crippen molar-refractivity contribution in [2.24, 2.45) is 0 Å². The molecule has 1 aromatic carbocycles. The Balaban J connectivity index is 2.16. The molecule has 0 radical (unpaired) electrons. The number of halogens is 1. The first-order valence-electron chi connectivity index (χ1n) is 6.47. The van der Waals surface area contributed by atoms with Gasteiger partial charge in [0.1, 0.15) is 11.6 Å². The number of nitrogens with one attached hydrogen (secondary N) is 4. The molecule has 6 nitrogen and oxygen atoms in total. The molecule has 21 heavy (non-hydrogen) atoms. The molecule has 0 aliphatic carbocycles. The summed E-state index contributed by atoms with van der Waals surface area (Å²) in [6.45, 7) is 1.42. The fraction of sp³-hybridized carbons (Fsp3) is 0.385. The molecule has 0 atom stereocenters. The maximum atomic E-state index is 12.7. The van der Waals surface area contributed by atoms with E-state index in [0.29, 0.717) is 17.4 Å². The maximum absolute atomic E-state index is 12.7. The molecule has 0 aliphatic heterocycles. The van der Waals surface area contributed by atoms with Crippen LogP contribution in [-0.2, 0) is 4.79 Å². The number of rotatable bonds is 6. The first-order valence-corrected chi connectivity index (χ1v) is 6.88. The van der Waals surface area contributed by atoms with Gasteiger partial charge in [-0.05, 0) is 36.5 Å². The summed E-state index contributed by atoms with van der Waals surface area (Å²) in [7, 11) is 4.07. The third-order valence-electron chi connectivity index (χ3n) is 2.41. The zero-order valence-electron chi connectivity index (χ0n) is 12.0. The van der Waals surface area contributed by atoms with Crippen LogP contribution in [0, 0.1) is 5.82 Å². The van der Waals surface area contributed by atoms with Gasteiger partial charge >= 0.3 is 0 Å². The zero-order valence-corrected chi connectivity index (χ0v) is 12.8. The molecule has 0 saturated heterocycles. The van der Waals surface area contributed by atoms with Crippen LogP contribution in [0.3, 0.4) is 0 Å². The monoisotopic (exact) mass is 315 g/mol. The zero-order chi connectivity index (χ0) is 15.7. The molecule has 0 aliphatic rings. The van der Waals surface area contributed by atoms with Gasteiger partial charge in [-0.1, -0.05) is 0 Å². The predicted molar refractivity (Wildman–Crippen MR) is 81.5 cm³/mol. The van der Waals surface area contributed by atoms with Gasteiger partial charge in [0.25, 0.3) is 5.91 Å². The normalized spacial score (nSPS) is 10.1. The van der Waals surface area contributed by atoms with E-state index in [9.17, 15) is 9.18 Å². The first kappa shape index (κ1) is 17.1. The van der Waals surface area contributed by atoms with Crippen LogP contribution in [0.5, 0.6) is 5.75 Å². The molecule has 1 aromatic rings. The van der Waals surface area contributed by atoms with Gasteiger partial charge < -0.3 is 15.0 Å². The van der Waals surface area contributed by atoms with Crippen molar-refractivity contribution in [1.82, 2.24) is 16.2 Å². The van der Waals surface area contributed by atoms with E-state index in [1.54, 1.807) is 0 Å². The molecular formula is C13H20FN4O2S+. The first-order chi connectivity index (χ1) is 9.97. The molecule has 8 heteroatoms. The van der Waals surface area contributed by atoms with Crippen LogP contribution in [0.2, 0.25) is 0 Å². The lowest BCUT2D eigenvalue weighted by atomic mass is 10.3. The van der Waals surface area contributed by atoms with Gasteiger partial charge in [-0.3, -0.25) is 15.6 Å². The van der Waals surface area contributed by atoms with Crippen LogP contribution in [-0.4, -0.2) is 44.8 Å². The van der Waals surface area contributed by atoms with Crippen molar-refractivity contribution in [3.05, 3.63) is 30.1 Å². The number of hydrogen-bond donors (Lipinski definition) is 4. The number of benzene rings is 1. The highest BCUT2D eigenvalue weighted by molar-refractivity contribution is 7.80. The van der Waals surface area contributed by atoms with E-state index in [1.165, 1.54) is 29.2 Å². The Kier molecular flexibility index (Phi) is 7.41. The van der Waals surface area contributed by atoms with Gasteiger partial charge in [0.15, 0.2) is 11.7 Å². The number of hydrogen-bond acceptors (Lipinski definition) is 3. The number of thiocarbonyl (C=S) groups is 1. The maximum Gasteiger partial charge on any atom is 0.276 e. The van der Waals surface area contributed by atoms with Gasteiger partial charge in [0.2, 0.25) is 0 Å². The molecule has 0 aromatic heterocycles. The minimum Gasteiger partial charge on any atom is -0.484 e. The highest BCUT2D eigenvalue weighted by atomic mass is 32.1. The fourth-order valence-electron chi connectivity index (χ4n) is 1.31. The molecule has 0 saturated carbocycles. The predicted octanol–water partition coefficient (Wildman–Crippen LogP) is -1.16. The molecule has 1 amide bonds. The van der Waals surface area contributed by atoms with Crippen LogP contribution in [0.25, 0.3) is 0 Å². The fourth-order valence-corrected chi connectivity index (χ4v) is 1.47. The van der Waals surface area contributed by atoms with Crippen molar-refractivity contribution in [1.29, 1.82) is 0 Å². The molecule has 4 N–H and O–H groups in total. The van der Waals surface area contributed by atoms with Crippen molar-refractivity contribution in [2.75, 3.05) is 33.8 Å². The minimum absolute atomic E-state index is 0.191. The van der Waals surface area contributed by atoms with Crippen LogP contribution >= 0.6 is 12.2 Å². The van der Waals surface area contributed by atoms with E-state index in [0.717, 1.165) is 6.54 Å². The Hall–Kier alpha value is -1.93. The van der Waals surface area contributed by atoms with E-state index >= 15 is 0 Å². The molecular weight excluding hydrogens is 295 g/mol. The van der Waals surface area contributed by atoms with Crippen molar-refractivity contribution in [3.8, 4) is 5.75 Å². The smallest absolute Gasteiger partial charge is 0.276 e. The number of hydrazine groups is 1. The number of ether oxygens (including phenoxy) is 1. The highest BCUT2D eigenvalue weighted by Crippen LogP contribution is 2.10. The third kappa shape index (κ3) is 8.05. The molecule has 116 valence electrons. The second-order valence-electron chi connectivity index (χ2n) is 4.63. The van der Waals surface area contributed by atoms with E-state index < -0.39 is 0 Å². The minimum atomic E-state index is -0.387. The van der Waals surface area contributed by atoms with Crippen molar-refractivity contribution < 1.29 is 18.8 Å². The second-order valence-corrected chi connectivity index (χ2v) is 5.04. The second kappa shape index (κ2) is 9.09. The van der Waals surface area contributed by atoms with Gasteiger partial charge in [-0.15, -0.1) is 0 Å². The summed E-state index contributed by atoms with van der Waals surface area (Å²) in [5.74, 6) is -0.327. The lowest BCUT2D eigenvalue weighted by Gasteiger charge is -2.13. The van der Waals surface area contributed by atoms with Crippen molar-refractivity contribution in [2.45, 2.75) is 0 Å². The average Bonchev–Trinajstić information content (AvgIpc) is 2.44. The summed E-state index contributed by atoms with van der Waals surface area (Å²) in [6.07, 6.45) is 0. The molecule has 1 rings (SSSR count). The van der Waals surface area contributed by atoms with E-state index in [1.807, 2.05) is 14.1 Å². The summed E-state index contributed by atoms with van der Waals surface area (Å²) in [6, 6.07) is 5.42. The summed E-state index contributed by atoms with van der Waals surface area (Å²) < 4.78 is 17.9. The largest absolute Gasteiger partial charge is 0.484 e. The number of quaternary nitrogens is 1. The summed E-state index contributed by atoms with van der Waals surface area (Å²) in [5.41, 5.74) is 4.98. The van der Waals surface area contributed by atoms with Crippen LogP contribution < -0.4 is 25.8 Å². The Morgan fingerprint density at radius 3 is 2.57 bits per heavy atom. The van der Waals surface area contributed by atoms with Gasteiger partial charge in [0.05, 0.1) is 27.2 Å². The standard InChI is InChI=1S/C13H19FN4O2S/c1-18(2)8-7-15-13(21)17-16-12(19)9-20-11-5-3-10(14)4-6-11/h3-6H,7-9H2,1-2H3,(H,16,19)(H2,15,17,21)/p+1. The number of carbonyl (C=O) groups excluding carboxylic acids is 1. The Morgan fingerprint density at radius 2 is 1.95 bits per heavy atom. The van der Waals surface area contributed by atoms with Gasteiger partial charge in [-0.25, -0.2) is 4.39 Å². The molecule has 0 unspecified atom stereocenters. The Morgan fingerprint density at radius 1 is 1.29 bits per heavy atom. The van der Waals surface area contributed by atoms with E-state index in [-0.39, 0.29) is 18.3 Å². The quantitative estimate of drug-likeness (QED) is 0.394.